The summed E-state index contributed by atoms with van der Waals surface area (Å²) in [5.41, 5.74) is 14.2. The molecule has 0 saturated carbocycles. The van der Waals surface area contributed by atoms with E-state index in [1.807, 2.05) is 0 Å². The van der Waals surface area contributed by atoms with Gasteiger partial charge in [0, 0.05) is 33.2 Å². The maximum absolute atomic E-state index is 2.42. The van der Waals surface area contributed by atoms with Crippen molar-refractivity contribution in [3.05, 3.63) is 218 Å². The second-order valence-electron chi connectivity index (χ2n) is 14.5. The van der Waals surface area contributed by atoms with Gasteiger partial charge >= 0.3 is 0 Å². The fourth-order valence-corrected chi connectivity index (χ4v) is 8.71. The quantitative estimate of drug-likeness (QED) is 0.149. The van der Waals surface area contributed by atoms with Gasteiger partial charge in [-0.05, 0) is 104 Å². The van der Waals surface area contributed by atoms with Crippen molar-refractivity contribution in [1.82, 2.24) is 4.57 Å². The van der Waals surface area contributed by atoms with Crippen LogP contribution in [-0.2, 0) is 0 Å². The second-order valence-corrected chi connectivity index (χ2v) is 14.5. The van der Waals surface area contributed by atoms with Gasteiger partial charge in [0.2, 0.25) is 0 Å². The van der Waals surface area contributed by atoms with E-state index in [0.717, 1.165) is 22.7 Å². The summed E-state index contributed by atoms with van der Waals surface area (Å²) in [5, 5.41) is 7.64. The molecule has 0 atom stereocenters. The lowest BCUT2D eigenvalue weighted by atomic mass is 9.96. The predicted molar refractivity (Wildman–Crippen MR) is 238 cm³/mol. The first-order valence-corrected chi connectivity index (χ1v) is 19.3. The number of fused-ring (bicyclic) bond motifs is 1. The molecule has 0 fully saturated rings. The van der Waals surface area contributed by atoms with E-state index in [9.17, 15) is 0 Å². The molecule has 0 aliphatic rings. The van der Waals surface area contributed by atoms with E-state index >= 15 is 0 Å². The van der Waals surface area contributed by atoms with Gasteiger partial charge in [-0.1, -0.05) is 164 Å². The van der Waals surface area contributed by atoms with E-state index in [1.165, 1.54) is 76.7 Å². The zero-order valence-electron chi connectivity index (χ0n) is 30.7. The van der Waals surface area contributed by atoms with E-state index in [4.69, 9.17) is 0 Å². The third kappa shape index (κ3) is 5.26. The molecule has 0 radical (unpaired) electrons. The standard InChI is InChI=1S/C54H36N2/c1-3-11-37(12-4-1)39-23-29-44(30-24-39)55(45-31-25-40(26-32-45)38-13-5-2-6-14-38)50-36-35-47(48-17-7-8-18-49(48)50)41-27-33-46(34-28-41)56-51-19-9-15-42-21-22-43-16-10-20-52(56)54(43)53(42)51/h1-36H. The molecule has 0 N–H and O–H groups in total. The third-order valence-corrected chi connectivity index (χ3v) is 11.4. The van der Waals surface area contributed by atoms with Crippen LogP contribution in [0.1, 0.15) is 0 Å². The van der Waals surface area contributed by atoms with Crippen molar-refractivity contribution in [3.63, 3.8) is 0 Å². The average molecular weight is 713 g/mol. The van der Waals surface area contributed by atoms with E-state index < -0.39 is 0 Å². The Morgan fingerprint density at radius 1 is 0.304 bits per heavy atom. The molecule has 0 spiro atoms. The van der Waals surface area contributed by atoms with Gasteiger partial charge in [0.15, 0.2) is 0 Å². The molecule has 2 heteroatoms. The minimum absolute atomic E-state index is 1.11. The van der Waals surface area contributed by atoms with Gasteiger partial charge < -0.3 is 9.47 Å². The zero-order valence-corrected chi connectivity index (χ0v) is 30.7. The van der Waals surface area contributed by atoms with Crippen molar-refractivity contribution in [2.75, 3.05) is 4.90 Å². The molecule has 10 aromatic carbocycles. The second kappa shape index (κ2) is 13.2. The van der Waals surface area contributed by atoms with Gasteiger partial charge in [0.25, 0.3) is 0 Å². The van der Waals surface area contributed by atoms with Gasteiger partial charge in [0.05, 0.1) is 16.7 Å². The third-order valence-electron chi connectivity index (χ3n) is 11.4. The lowest BCUT2D eigenvalue weighted by Gasteiger charge is -2.28. The monoisotopic (exact) mass is 712 g/mol. The summed E-state index contributed by atoms with van der Waals surface area (Å²) in [5.74, 6) is 0. The summed E-state index contributed by atoms with van der Waals surface area (Å²) in [6.07, 6.45) is 0. The molecule has 2 nitrogen and oxygen atoms in total. The van der Waals surface area contributed by atoms with E-state index in [1.54, 1.807) is 0 Å². The molecule has 0 aliphatic heterocycles. The largest absolute Gasteiger partial charge is 0.310 e. The molecule has 0 bridgehead atoms. The first kappa shape index (κ1) is 32.0. The van der Waals surface area contributed by atoms with Crippen LogP contribution in [0.5, 0.6) is 0 Å². The van der Waals surface area contributed by atoms with Crippen molar-refractivity contribution < 1.29 is 0 Å². The maximum atomic E-state index is 2.42. The summed E-state index contributed by atoms with van der Waals surface area (Å²) in [4.78, 5) is 2.39. The highest BCUT2D eigenvalue weighted by molar-refractivity contribution is 6.24. The summed E-state index contributed by atoms with van der Waals surface area (Å²) in [7, 11) is 0. The lowest BCUT2D eigenvalue weighted by molar-refractivity contribution is 1.18. The number of aromatic nitrogens is 1. The zero-order chi connectivity index (χ0) is 37.0. The van der Waals surface area contributed by atoms with Crippen LogP contribution in [0.15, 0.2) is 218 Å². The maximum Gasteiger partial charge on any atom is 0.0547 e. The molecule has 11 rings (SSSR count). The molecule has 56 heavy (non-hydrogen) atoms. The Morgan fingerprint density at radius 3 is 1.30 bits per heavy atom. The van der Waals surface area contributed by atoms with Gasteiger partial charge in [-0.25, -0.2) is 0 Å². The van der Waals surface area contributed by atoms with Crippen molar-refractivity contribution >= 4 is 60.4 Å². The van der Waals surface area contributed by atoms with Crippen LogP contribution in [0.2, 0.25) is 0 Å². The molecule has 1 aromatic heterocycles. The fraction of sp³-hybridized carbons (Fsp3) is 0. The Labute approximate surface area is 326 Å². The van der Waals surface area contributed by atoms with Crippen LogP contribution >= 0.6 is 0 Å². The highest BCUT2D eigenvalue weighted by atomic mass is 15.1. The van der Waals surface area contributed by atoms with E-state index in [2.05, 4.69) is 228 Å². The van der Waals surface area contributed by atoms with Crippen LogP contribution < -0.4 is 4.90 Å². The number of hydrogen-bond donors (Lipinski definition) is 0. The Balaban J connectivity index is 1.02. The Morgan fingerprint density at radius 2 is 0.768 bits per heavy atom. The molecule has 1 heterocycles. The lowest BCUT2D eigenvalue weighted by Crippen LogP contribution is -2.10. The van der Waals surface area contributed by atoms with E-state index in [-0.39, 0.29) is 0 Å². The predicted octanol–water partition coefficient (Wildman–Crippen LogP) is 15.0. The normalized spacial score (nSPS) is 11.6. The number of benzene rings is 10. The molecule has 262 valence electrons. The Bertz CT molecular complexity index is 2990. The Kier molecular flexibility index (Phi) is 7.53. The summed E-state index contributed by atoms with van der Waals surface area (Å²) < 4.78 is 2.42. The topological polar surface area (TPSA) is 8.17 Å². The van der Waals surface area contributed by atoms with Crippen molar-refractivity contribution in [2.24, 2.45) is 0 Å². The minimum Gasteiger partial charge on any atom is -0.310 e. The van der Waals surface area contributed by atoms with Crippen molar-refractivity contribution in [3.8, 4) is 39.1 Å². The van der Waals surface area contributed by atoms with Crippen molar-refractivity contribution in [1.29, 1.82) is 0 Å². The minimum atomic E-state index is 1.11. The molecule has 0 amide bonds. The SMILES string of the molecule is c1ccc(-c2ccc(N(c3ccc(-c4ccccc4)cc3)c3ccc(-c4ccc(-n5c6cccc7ccc8cccc5c8c76)cc4)c4ccccc34)cc2)cc1. The number of anilines is 3. The van der Waals surface area contributed by atoms with Gasteiger partial charge in [-0.15, -0.1) is 0 Å². The van der Waals surface area contributed by atoms with Crippen molar-refractivity contribution in [2.45, 2.75) is 0 Å². The summed E-state index contributed by atoms with van der Waals surface area (Å²) in [6, 6.07) is 79.3. The molecule has 0 saturated heterocycles. The van der Waals surface area contributed by atoms with Crippen LogP contribution in [-0.4, -0.2) is 4.57 Å². The molecule has 0 aliphatic carbocycles. The summed E-state index contributed by atoms with van der Waals surface area (Å²) in [6.45, 7) is 0. The molecule has 11 aromatic rings. The fourth-order valence-electron chi connectivity index (χ4n) is 8.71. The van der Waals surface area contributed by atoms with Gasteiger partial charge in [-0.3, -0.25) is 0 Å². The van der Waals surface area contributed by atoms with Crippen LogP contribution in [0.4, 0.5) is 17.1 Å². The summed E-state index contributed by atoms with van der Waals surface area (Å²) >= 11 is 0. The molecular weight excluding hydrogens is 677 g/mol. The van der Waals surface area contributed by atoms with Crippen LogP contribution in [0, 0.1) is 0 Å². The first-order valence-electron chi connectivity index (χ1n) is 19.3. The molecular formula is C54H36N2. The van der Waals surface area contributed by atoms with Gasteiger partial charge in [0.1, 0.15) is 0 Å². The average Bonchev–Trinajstić information content (AvgIpc) is 3.63. The van der Waals surface area contributed by atoms with Crippen LogP contribution in [0.3, 0.4) is 0 Å². The highest BCUT2D eigenvalue weighted by Crippen LogP contribution is 2.44. The first-order chi connectivity index (χ1) is 27.8. The number of hydrogen-bond acceptors (Lipinski definition) is 1. The van der Waals surface area contributed by atoms with Crippen LogP contribution in [0.25, 0.3) is 82.4 Å². The van der Waals surface area contributed by atoms with Gasteiger partial charge in [-0.2, -0.15) is 0 Å². The van der Waals surface area contributed by atoms with E-state index in [0.29, 0.717) is 0 Å². The highest BCUT2D eigenvalue weighted by Gasteiger charge is 2.19. The Hall–Kier alpha value is -7.42. The number of rotatable bonds is 7. The molecule has 0 unspecified atom stereocenters. The smallest absolute Gasteiger partial charge is 0.0547 e. The number of nitrogens with zero attached hydrogens (tertiary/aromatic N) is 2.